The van der Waals surface area contributed by atoms with Crippen molar-refractivity contribution in [2.45, 2.75) is 19.9 Å². The molecule has 26 heavy (non-hydrogen) atoms. The SMILES string of the molecule is CCOC(=O)CC(=O)Cn1nc(-c2ccc3ccccc3c2)ccc1=O. The van der Waals surface area contributed by atoms with Gasteiger partial charge in [0, 0.05) is 11.6 Å². The molecule has 1 heterocycles. The molecule has 6 heteroatoms. The lowest BCUT2D eigenvalue weighted by atomic mass is 10.1. The van der Waals surface area contributed by atoms with Crippen LogP contribution < -0.4 is 5.56 Å². The summed E-state index contributed by atoms with van der Waals surface area (Å²) in [6.07, 6.45) is -0.373. The van der Waals surface area contributed by atoms with E-state index in [0.717, 1.165) is 21.0 Å². The maximum atomic E-state index is 12.0. The molecule has 0 aliphatic heterocycles. The summed E-state index contributed by atoms with van der Waals surface area (Å²) in [6, 6.07) is 16.8. The molecule has 0 fully saturated rings. The van der Waals surface area contributed by atoms with Crippen molar-refractivity contribution in [3.05, 3.63) is 65.0 Å². The standard InChI is InChI=1S/C20H18N2O4/c1-2-26-20(25)12-17(23)13-22-19(24)10-9-18(21-22)16-8-7-14-5-3-4-6-15(14)11-16/h3-11H,2,12-13H2,1H3. The normalized spacial score (nSPS) is 10.7. The van der Waals surface area contributed by atoms with Gasteiger partial charge in [0.2, 0.25) is 0 Å². The maximum Gasteiger partial charge on any atom is 0.313 e. The second-order valence-corrected chi connectivity index (χ2v) is 5.80. The van der Waals surface area contributed by atoms with Crippen LogP contribution >= 0.6 is 0 Å². The molecule has 0 bridgehead atoms. The fourth-order valence-electron chi connectivity index (χ4n) is 2.66. The van der Waals surface area contributed by atoms with Crippen molar-refractivity contribution in [2.75, 3.05) is 6.61 Å². The molecule has 2 aromatic carbocycles. The van der Waals surface area contributed by atoms with Crippen molar-refractivity contribution in [1.82, 2.24) is 9.78 Å². The number of Topliss-reactive ketones (excluding diaryl/α,β-unsaturated/α-hetero) is 1. The zero-order valence-electron chi connectivity index (χ0n) is 14.3. The van der Waals surface area contributed by atoms with Crippen LogP contribution in [0.3, 0.4) is 0 Å². The number of carbonyl (C=O) groups is 2. The molecule has 0 radical (unpaired) electrons. The zero-order chi connectivity index (χ0) is 18.5. The van der Waals surface area contributed by atoms with Gasteiger partial charge in [-0.1, -0.05) is 36.4 Å². The van der Waals surface area contributed by atoms with Crippen LogP contribution in [0.2, 0.25) is 0 Å². The number of ketones is 1. The lowest BCUT2D eigenvalue weighted by Crippen LogP contribution is -2.27. The average molecular weight is 350 g/mol. The minimum Gasteiger partial charge on any atom is -0.466 e. The van der Waals surface area contributed by atoms with E-state index in [1.54, 1.807) is 13.0 Å². The van der Waals surface area contributed by atoms with E-state index in [9.17, 15) is 14.4 Å². The Morgan fingerprint density at radius 3 is 2.58 bits per heavy atom. The van der Waals surface area contributed by atoms with Crippen LogP contribution in [0.25, 0.3) is 22.0 Å². The Morgan fingerprint density at radius 2 is 1.81 bits per heavy atom. The van der Waals surface area contributed by atoms with Crippen molar-refractivity contribution in [1.29, 1.82) is 0 Å². The van der Waals surface area contributed by atoms with Gasteiger partial charge in [0.1, 0.15) is 13.0 Å². The summed E-state index contributed by atoms with van der Waals surface area (Å²) >= 11 is 0. The van der Waals surface area contributed by atoms with Crippen LogP contribution in [-0.2, 0) is 20.9 Å². The van der Waals surface area contributed by atoms with E-state index in [-0.39, 0.29) is 19.6 Å². The van der Waals surface area contributed by atoms with E-state index in [1.165, 1.54) is 6.07 Å². The summed E-state index contributed by atoms with van der Waals surface area (Å²) in [5, 5.41) is 6.44. The number of benzene rings is 2. The van der Waals surface area contributed by atoms with Crippen molar-refractivity contribution in [3.8, 4) is 11.3 Å². The van der Waals surface area contributed by atoms with E-state index in [0.29, 0.717) is 5.69 Å². The van der Waals surface area contributed by atoms with Crippen LogP contribution in [0.4, 0.5) is 0 Å². The van der Waals surface area contributed by atoms with Gasteiger partial charge in [-0.3, -0.25) is 14.4 Å². The van der Waals surface area contributed by atoms with Gasteiger partial charge in [-0.25, -0.2) is 4.68 Å². The summed E-state index contributed by atoms with van der Waals surface area (Å²) in [7, 11) is 0. The van der Waals surface area contributed by atoms with Crippen LogP contribution in [0, 0.1) is 0 Å². The molecule has 0 unspecified atom stereocenters. The highest BCUT2D eigenvalue weighted by molar-refractivity contribution is 5.95. The maximum absolute atomic E-state index is 12.0. The molecule has 132 valence electrons. The third-order valence-corrected chi connectivity index (χ3v) is 3.88. The summed E-state index contributed by atoms with van der Waals surface area (Å²) in [5.74, 6) is -1.02. The van der Waals surface area contributed by atoms with Gasteiger partial charge in [0.15, 0.2) is 5.78 Å². The molecule has 0 aliphatic carbocycles. The molecule has 1 aromatic heterocycles. The van der Waals surface area contributed by atoms with Crippen LogP contribution in [0.5, 0.6) is 0 Å². The van der Waals surface area contributed by atoms with Crippen molar-refractivity contribution >= 4 is 22.5 Å². The molecule has 6 nitrogen and oxygen atoms in total. The number of rotatable bonds is 6. The first-order chi connectivity index (χ1) is 12.6. The van der Waals surface area contributed by atoms with E-state index in [1.807, 2.05) is 42.5 Å². The number of hydrogen-bond acceptors (Lipinski definition) is 5. The van der Waals surface area contributed by atoms with Crippen LogP contribution in [0.1, 0.15) is 13.3 Å². The minimum absolute atomic E-state index is 0.210. The smallest absolute Gasteiger partial charge is 0.313 e. The summed E-state index contributed by atoms with van der Waals surface area (Å²) < 4.78 is 5.82. The largest absolute Gasteiger partial charge is 0.466 e. The summed E-state index contributed by atoms with van der Waals surface area (Å²) in [5.41, 5.74) is 1.03. The second kappa shape index (κ2) is 7.74. The number of aromatic nitrogens is 2. The fraction of sp³-hybridized carbons (Fsp3) is 0.200. The number of esters is 1. The van der Waals surface area contributed by atoms with E-state index in [2.05, 4.69) is 5.10 Å². The Balaban J connectivity index is 1.85. The monoisotopic (exact) mass is 350 g/mol. The van der Waals surface area contributed by atoms with Gasteiger partial charge >= 0.3 is 5.97 Å². The Bertz CT molecular complexity index is 1020. The van der Waals surface area contributed by atoms with Gasteiger partial charge in [-0.15, -0.1) is 0 Å². The average Bonchev–Trinajstić information content (AvgIpc) is 2.63. The summed E-state index contributed by atoms with van der Waals surface area (Å²) in [4.78, 5) is 35.4. The quantitative estimate of drug-likeness (QED) is 0.504. The number of nitrogens with zero attached hydrogens (tertiary/aromatic N) is 2. The van der Waals surface area contributed by atoms with Crippen molar-refractivity contribution in [2.24, 2.45) is 0 Å². The topological polar surface area (TPSA) is 78.3 Å². The van der Waals surface area contributed by atoms with Crippen molar-refractivity contribution in [3.63, 3.8) is 0 Å². The second-order valence-electron chi connectivity index (χ2n) is 5.80. The Hall–Kier alpha value is -3.28. The first-order valence-corrected chi connectivity index (χ1v) is 8.31. The Morgan fingerprint density at radius 1 is 1.04 bits per heavy atom. The van der Waals surface area contributed by atoms with Crippen molar-refractivity contribution < 1.29 is 14.3 Å². The Labute approximate surface area is 150 Å². The summed E-state index contributed by atoms with van der Waals surface area (Å²) in [6.45, 7) is 1.61. The van der Waals surface area contributed by atoms with Gasteiger partial charge in [0.25, 0.3) is 5.56 Å². The molecule has 3 aromatic rings. The first kappa shape index (κ1) is 17.5. The number of fused-ring (bicyclic) bond motifs is 1. The predicted octanol–water partition coefficient (Wildman–Crippen LogP) is 2.59. The molecular formula is C20H18N2O4. The van der Waals surface area contributed by atoms with E-state index >= 15 is 0 Å². The van der Waals surface area contributed by atoms with Crippen LogP contribution in [-0.4, -0.2) is 28.1 Å². The molecule has 0 amide bonds. The van der Waals surface area contributed by atoms with Gasteiger partial charge in [-0.2, -0.15) is 5.10 Å². The molecular weight excluding hydrogens is 332 g/mol. The molecule has 0 saturated heterocycles. The molecule has 3 rings (SSSR count). The number of hydrogen-bond donors (Lipinski definition) is 0. The molecule has 0 atom stereocenters. The minimum atomic E-state index is -0.601. The lowest BCUT2D eigenvalue weighted by Gasteiger charge is -2.08. The molecule has 0 aliphatic rings. The zero-order valence-corrected chi connectivity index (χ0v) is 14.3. The number of ether oxygens (including phenoxy) is 1. The van der Waals surface area contributed by atoms with Gasteiger partial charge in [-0.05, 0) is 29.8 Å². The highest BCUT2D eigenvalue weighted by atomic mass is 16.5. The van der Waals surface area contributed by atoms with Gasteiger partial charge in [0.05, 0.1) is 12.3 Å². The predicted molar refractivity (Wildman–Crippen MR) is 97.7 cm³/mol. The van der Waals surface area contributed by atoms with E-state index < -0.39 is 17.3 Å². The van der Waals surface area contributed by atoms with Crippen LogP contribution in [0.15, 0.2) is 59.4 Å². The fourth-order valence-corrected chi connectivity index (χ4v) is 2.66. The number of carbonyl (C=O) groups excluding carboxylic acids is 2. The Kier molecular flexibility index (Phi) is 5.22. The third-order valence-electron chi connectivity index (χ3n) is 3.88. The molecule has 0 saturated carbocycles. The van der Waals surface area contributed by atoms with E-state index in [4.69, 9.17) is 4.74 Å². The highest BCUT2D eigenvalue weighted by Gasteiger charge is 2.13. The molecule has 0 spiro atoms. The lowest BCUT2D eigenvalue weighted by molar-refractivity contribution is -0.145. The first-order valence-electron chi connectivity index (χ1n) is 8.31. The van der Waals surface area contributed by atoms with Gasteiger partial charge < -0.3 is 4.74 Å². The molecule has 0 N–H and O–H groups in total. The third kappa shape index (κ3) is 4.03. The highest BCUT2D eigenvalue weighted by Crippen LogP contribution is 2.22.